The zero-order valence-electron chi connectivity index (χ0n) is 14.3. The average Bonchev–Trinajstić information content (AvgIpc) is 2.57. The third kappa shape index (κ3) is 4.94. The molecular formula is C18H26FN3O2. The fourth-order valence-electron chi connectivity index (χ4n) is 3.04. The van der Waals surface area contributed by atoms with Crippen LogP contribution in [0.1, 0.15) is 32.3 Å². The lowest BCUT2D eigenvalue weighted by atomic mass is 9.97. The summed E-state index contributed by atoms with van der Waals surface area (Å²) in [4.78, 5) is 26.0. The summed E-state index contributed by atoms with van der Waals surface area (Å²) in [5, 5.41) is 5.72. The van der Waals surface area contributed by atoms with E-state index in [1.54, 1.807) is 23.1 Å². The van der Waals surface area contributed by atoms with Crippen molar-refractivity contribution in [2.45, 2.75) is 39.2 Å². The van der Waals surface area contributed by atoms with Gasteiger partial charge in [-0.05, 0) is 44.7 Å². The van der Waals surface area contributed by atoms with Crippen LogP contribution >= 0.6 is 0 Å². The van der Waals surface area contributed by atoms with Crippen LogP contribution in [0.3, 0.4) is 0 Å². The SMILES string of the molecule is CCNC(=O)[C@@H]1CCCN(C(=O)N[C@@H](C)Cc2ccccc2F)C1. The van der Waals surface area contributed by atoms with Gasteiger partial charge in [0.05, 0.1) is 5.92 Å². The van der Waals surface area contributed by atoms with Crippen LogP contribution < -0.4 is 10.6 Å². The number of likely N-dealkylation sites (tertiary alicyclic amines) is 1. The molecule has 1 aromatic carbocycles. The molecule has 0 spiro atoms. The van der Waals surface area contributed by atoms with E-state index in [0.717, 1.165) is 12.8 Å². The highest BCUT2D eigenvalue weighted by molar-refractivity contribution is 5.80. The largest absolute Gasteiger partial charge is 0.356 e. The number of nitrogens with one attached hydrogen (secondary N) is 2. The second-order valence-electron chi connectivity index (χ2n) is 6.33. The lowest BCUT2D eigenvalue weighted by molar-refractivity contribution is -0.126. The molecule has 0 radical (unpaired) electrons. The van der Waals surface area contributed by atoms with Crippen molar-refractivity contribution in [1.82, 2.24) is 15.5 Å². The molecule has 1 fully saturated rings. The van der Waals surface area contributed by atoms with Gasteiger partial charge in [-0.2, -0.15) is 0 Å². The Labute approximate surface area is 142 Å². The monoisotopic (exact) mass is 335 g/mol. The van der Waals surface area contributed by atoms with Crippen LogP contribution in [-0.2, 0) is 11.2 Å². The Balaban J connectivity index is 1.87. The summed E-state index contributed by atoms with van der Waals surface area (Å²) < 4.78 is 13.7. The Hall–Kier alpha value is -2.11. The van der Waals surface area contributed by atoms with Crippen LogP contribution in [0.4, 0.5) is 9.18 Å². The van der Waals surface area contributed by atoms with Crippen LogP contribution in [-0.4, -0.2) is 42.5 Å². The Bertz CT molecular complexity index is 579. The lowest BCUT2D eigenvalue weighted by Crippen LogP contribution is -2.50. The first-order valence-electron chi connectivity index (χ1n) is 8.57. The fourth-order valence-corrected chi connectivity index (χ4v) is 3.04. The van der Waals surface area contributed by atoms with Gasteiger partial charge in [0.15, 0.2) is 0 Å². The van der Waals surface area contributed by atoms with E-state index < -0.39 is 0 Å². The number of amides is 3. The van der Waals surface area contributed by atoms with Gasteiger partial charge in [0.25, 0.3) is 0 Å². The van der Waals surface area contributed by atoms with Gasteiger partial charge in [-0.25, -0.2) is 9.18 Å². The zero-order chi connectivity index (χ0) is 17.5. The fraction of sp³-hybridized carbons (Fsp3) is 0.556. The van der Waals surface area contributed by atoms with E-state index >= 15 is 0 Å². The molecule has 24 heavy (non-hydrogen) atoms. The maximum Gasteiger partial charge on any atom is 0.317 e. The summed E-state index contributed by atoms with van der Waals surface area (Å²) in [6.45, 7) is 5.42. The molecule has 0 saturated carbocycles. The van der Waals surface area contributed by atoms with Crippen LogP contribution in [0.25, 0.3) is 0 Å². The van der Waals surface area contributed by atoms with E-state index in [1.807, 2.05) is 13.8 Å². The smallest absolute Gasteiger partial charge is 0.317 e. The molecule has 3 amide bonds. The molecule has 0 aliphatic carbocycles. The molecule has 2 atom stereocenters. The number of benzene rings is 1. The molecule has 0 bridgehead atoms. The molecule has 0 unspecified atom stereocenters. The van der Waals surface area contributed by atoms with Gasteiger partial charge in [0.2, 0.25) is 5.91 Å². The maximum atomic E-state index is 13.7. The summed E-state index contributed by atoms with van der Waals surface area (Å²) in [7, 11) is 0. The minimum atomic E-state index is -0.257. The Kier molecular flexibility index (Phi) is 6.58. The summed E-state index contributed by atoms with van der Waals surface area (Å²) in [6.07, 6.45) is 2.06. The van der Waals surface area contributed by atoms with Crippen LogP contribution in [0, 0.1) is 11.7 Å². The number of carbonyl (C=O) groups is 2. The van der Waals surface area contributed by atoms with Crippen molar-refractivity contribution in [2.75, 3.05) is 19.6 Å². The third-order valence-corrected chi connectivity index (χ3v) is 4.28. The van der Waals surface area contributed by atoms with Gasteiger partial charge in [0.1, 0.15) is 5.82 Å². The quantitative estimate of drug-likeness (QED) is 0.867. The van der Waals surface area contributed by atoms with E-state index in [1.165, 1.54) is 6.07 Å². The molecule has 5 nitrogen and oxygen atoms in total. The van der Waals surface area contributed by atoms with Crippen LogP contribution in [0.5, 0.6) is 0 Å². The maximum absolute atomic E-state index is 13.7. The predicted octanol–water partition coefficient (Wildman–Crippen LogP) is 2.31. The van der Waals surface area contributed by atoms with E-state index in [9.17, 15) is 14.0 Å². The summed E-state index contributed by atoms with van der Waals surface area (Å²) in [5.74, 6) is -0.395. The molecule has 1 aromatic rings. The zero-order valence-corrected chi connectivity index (χ0v) is 14.3. The number of halogens is 1. The van der Waals surface area contributed by atoms with Crippen molar-refractivity contribution in [3.63, 3.8) is 0 Å². The number of carbonyl (C=O) groups excluding carboxylic acids is 2. The number of hydrogen-bond donors (Lipinski definition) is 2. The predicted molar refractivity (Wildman–Crippen MR) is 91.1 cm³/mol. The highest BCUT2D eigenvalue weighted by Crippen LogP contribution is 2.17. The molecule has 1 aliphatic heterocycles. The highest BCUT2D eigenvalue weighted by atomic mass is 19.1. The van der Waals surface area contributed by atoms with Crippen molar-refractivity contribution in [2.24, 2.45) is 5.92 Å². The first-order chi connectivity index (χ1) is 11.5. The van der Waals surface area contributed by atoms with Crippen molar-refractivity contribution >= 4 is 11.9 Å². The normalized spacial score (nSPS) is 18.8. The topological polar surface area (TPSA) is 61.4 Å². The van der Waals surface area contributed by atoms with Crippen LogP contribution in [0.2, 0.25) is 0 Å². The second-order valence-corrected chi connectivity index (χ2v) is 6.33. The number of urea groups is 1. The van der Waals surface area contributed by atoms with E-state index in [4.69, 9.17) is 0 Å². The minimum Gasteiger partial charge on any atom is -0.356 e. The molecule has 132 valence electrons. The molecule has 2 N–H and O–H groups in total. The van der Waals surface area contributed by atoms with E-state index in [0.29, 0.717) is 31.6 Å². The first-order valence-corrected chi connectivity index (χ1v) is 8.57. The first kappa shape index (κ1) is 18.2. The molecule has 1 aliphatic rings. The standard InChI is InChI=1S/C18H26FN3O2/c1-3-20-17(23)15-8-6-10-22(12-15)18(24)21-13(2)11-14-7-4-5-9-16(14)19/h4-5,7,9,13,15H,3,6,8,10-12H2,1-2H3,(H,20,23)(H,21,24)/t13-,15+/m0/s1. The number of nitrogens with zero attached hydrogens (tertiary/aromatic N) is 1. The lowest BCUT2D eigenvalue weighted by Gasteiger charge is -2.33. The molecule has 0 aromatic heterocycles. The van der Waals surface area contributed by atoms with Gasteiger partial charge < -0.3 is 15.5 Å². The Morgan fingerprint density at radius 2 is 2.12 bits per heavy atom. The van der Waals surface area contributed by atoms with Crippen molar-refractivity contribution < 1.29 is 14.0 Å². The highest BCUT2D eigenvalue weighted by Gasteiger charge is 2.28. The van der Waals surface area contributed by atoms with Crippen molar-refractivity contribution in [1.29, 1.82) is 0 Å². The number of rotatable bonds is 5. The van der Waals surface area contributed by atoms with Gasteiger partial charge >= 0.3 is 6.03 Å². The molecular weight excluding hydrogens is 309 g/mol. The molecule has 1 saturated heterocycles. The van der Waals surface area contributed by atoms with Crippen molar-refractivity contribution in [3.8, 4) is 0 Å². The Morgan fingerprint density at radius 1 is 1.38 bits per heavy atom. The molecule has 1 heterocycles. The van der Waals surface area contributed by atoms with Crippen LogP contribution in [0.15, 0.2) is 24.3 Å². The third-order valence-electron chi connectivity index (χ3n) is 4.28. The second kappa shape index (κ2) is 8.66. The molecule has 6 heteroatoms. The van der Waals surface area contributed by atoms with E-state index in [-0.39, 0.29) is 29.7 Å². The summed E-state index contributed by atoms with van der Waals surface area (Å²) in [6, 6.07) is 6.22. The van der Waals surface area contributed by atoms with E-state index in [2.05, 4.69) is 10.6 Å². The van der Waals surface area contributed by atoms with Gasteiger partial charge in [-0.15, -0.1) is 0 Å². The van der Waals surface area contributed by atoms with Gasteiger partial charge in [0, 0.05) is 25.7 Å². The average molecular weight is 335 g/mol. The van der Waals surface area contributed by atoms with Gasteiger partial charge in [-0.1, -0.05) is 18.2 Å². The minimum absolute atomic E-state index is 0.00871. The summed E-state index contributed by atoms with van der Waals surface area (Å²) >= 11 is 0. The number of hydrogen-bond acceptors (Lipinski definition) is 2. The Morgan fingerprint density at radius 3 is 2.83 bits per heavy atom. The summed E-state index contributed by atoms with van der Waals surface area (Å²) in [5.41, 5.74) is 0.587. The molecule has 2 rings (SSSR count). The number of piperidine rings is 1. The van der Waals surface area contributed by atoms with Crippen molar-refractivity contribution in [3.05, 3.63) is 35.6 Å². The van der Waals surface area contributed by atoms with Gasteiger partial charge in [-0.3, -0.25) is 4.79 Å².